The second-order valence-electron chi connectivity index (χ2n) is 5.96. The molecule has 0 unspecified atom stereocenters. The Balaban J connectivity index is 1.46. The Morgan fingerprint density at radius 1 is 1.15 bits per heavy atom. The molecule has 0 aliphatic carbocycles. The molecule has 0 spiro atoms. The van der Waals surface area contributed by atoms with Crippen molar-refractivity contribution in [3.63, 3.8) is 0 Å². The number of rotatable bonds is 5. The summed E-state index contributed by atoms with van der Waals surface area (Å²) in [4.78, 5) is 21.0. The van der Waals surface area contributed by atoms with Gasteiger partial charge in [-0.2, -0.15) is 8.78 Å². The molecule has 2 heterocycles. The van der Waals surface area contributed by atoms with Crippen molar-refractivity contribution < 1.29 is 13.6 Å². The van der Waals surface area contributed by atoms with Crippen LogP contribution in [-0.2, 0) is 6.54 Å². The van der Waals surface area contributed by atoms with E-state index in [0.717, 1.165) is 25.2 Å². The van der Waals surface area contributed by atoms with Crippen LogP contribution in [0.15, 0.2) is 53.7 Å². The molecule has 1 N–H and O–H groups in total. The molecule has 0 atom stereocenters. The Morgan fingerprint density at radius 2 is 1.88 bits per heavy atom. The summed E-state index contributed by atoms with van der Waals surface area (Å²) in [5.41, 5.74) is 1.76. The van der Waals surface area contributed by atoms with Crippen molar-refractivity contribution in [2.45, 2.75) is 17.2 Å². The summed E-state index contributed by atoms with van der Waals surface area (Å²) in [5.74, 6) is -2.45. The van der Waals surface area contributed by atoms with E-state index in [1.165, 1.54) is 0 Å². The number of anilines is 1. The van der Waals surface area contributed by atoms with Gasteiger partial charge < -0.3 is 10.2 Å². The first-order chi connectivity index (χ1) is 12.6. The third-order valence-electron chi connectivity index (χ3n) is 4.12. The van der Waals surface area contributed by atoms with E-state index in [1.807, 2.05) is 18.3 Å². The first-order valence-corrected chi connectivity index (χ1v) is 9.20. The summed E-state index contributed by atoms with van der Waals surface area (Å²) >= 11 is 0.489. The predicted octanol–water partition coefficient (Wildman–Crippen LogP) is 3.75. The number of carbonyl (C=O) groups is 1. The molecule has 1 saturated heterocycles. The van der Waals surface area contributed by atoms with E-state index in [0.29, 0.717) is 35.4 Å². The monoisotopic (exact) mass is 378 g/mol. The third kappa shape index (κ3) is 5.40. The van der Waals surface area contributed by atoms with Gasteiger partial charge in [-0.25, -0.2) is 4.79 Å². The van der Waals surface area contributed by atoms with Gasteiger partial charge in [0.1, 0.15) is 0 Å². The number of benzene rings is 1. The number of aromatic nitrogens is 1. The Labute approximate surface area is 155 Å². The standard InChI is InChI=1S/C18H20F2N4OS/c19-17(20)26-16-5-3-15(4-6-16)22-18(25)24-10-8-23(9-11-24)13-14-2-1-7-21-12-14/h1-7,12,17H,8-11,13H2,(H,22,25). The van der Waals surface area contributed by atoms with Crippen LogP contribution in [0, 0.1) is 0 Å². The number of hydrogen-bond acceptors (Lipinski definition) is 4. The number of alkyl halides is 2. The number of urea groups is 1. The number of carbonyl (C=O) groups excluding carboxylic acids is 1. The maximum absolute atomic E-state index is 12.4. The Bertz CT molecular complexity index is 707. The Hall–Kier alpha value is -2.19. The molecule has 1 aliphatic heterocycles. The largest absolute Gasteiger partial charge is 0.322 e. The van der Waals surface area contributed by atoms with Crippen LogP contribution in [0.2, 0.25) is 0 Å². The third-order valence-corrected chi connectivity index (χ3v) is 4.84. The zero-order valence-electron chi connectivity index (χ0n) is 14.1. The van der Waals surface area contributed by atoms with Crippen molar-refractivity contribution in [3.8, 4) is 0 Å². The summed E-state index contributed by atoms with van der Waals surface area (Å²) in [7, 11) is 0. The summed E-state index contributed by atoms with van der Waals surface area (Å²) in [5, 5.41) is 2.82. The van der Waals surface area contributed by atoms with Gasteiger partial charge in [0.05, 0.1) is 0 Å². The number of nitrogens with zero attached hydrogens (tertiary/aromatic N) is 3. The lowest BCUT2D eigenvalue weighted by atomic mass is 10.2. The minimum atomic E-state index is -2.45. The average molecular weight is 378 g/mol. The molecule has 138 valence electrons. The summed E-state index contributed by atoms with van der Waals surface area (Å²) in [6.07, 6.45) is 3.61. The number of pyridine rings is 1. The highest BCUT2D eigenvalue weighted by Gasteiger charge is 2.21. The van der Waals surface area contributed by atoms with E-state index in [4.69, 9.17) is 0 Å². The first-order valence-electron chi connectivity index (χ1n) is 8.32. The number of halogens is 2. The smallest absolute Gasteiger partial charge is 0.321 e. The molecule has 1 aromatic heterocycles. The van der Waals surface area contributed by atoms with Crippen molar-refractivity contribution in [1.82, 2.24) is 14.8 Å². The highest BCUT2D eigenvalue weighted by atomic mass is 32.2. The van der Waals surface area contributed by atoms with E-state index in [9.17, 15) is 13.6 Å². The van der Waals surface area contributed by atoms with Crippen molar-refractivity contribution in [1.29, 1.82) is 0 Å². The average Bonchev–Trinajstić information content (AvgIpc) is 2.64. The molecule has 3 rings (SSSR count). The Morgan fingerprint density at radius 3 is 2.50 bits per heavy atom. The van der Waals surface area contributed by atoms with Gasteiger partial charge in [0.2, 0.25) is 0 Å². The van der Waals surface area contributed by atoms with E-state index in [-0.39, 0.29) is 6.03 Å². The van der Waals surface area contributed by atoms with Crippen molar-refractivity contribution >= 4 is 23.5 Å². The van der Waals surface area contributed by atoms with Crippen molar-refractivity contribution in [2.75, 3.05) is 31.5 Å². The maximum Gasteiger partial charge on any atom is 0.321 e. The van der Waals surface area contributed by atoms with Gasteiger partial charge in [0.25, 0.3) is 5.76 Å². The van der Waals surface area contributed by atoms with Crippen LogP contribution in [0.25, 0.3) is 0 Å². The predicted molar refractivity (Wildman–Crippen MR) is 98.4 cm³/mol. The molecule has 1 fully saturated rings. The van der Waals surface area contributed by atoms with Gasteiger partial charge in [-0.1, -0.05) is 17.8 Å². The second kappa shape index (κ2) is 8.95. The molecule has 2 amide bonds. The highest BCUT2D eigenvalue weighted by Crippen LogP contribution is 2.26. The molecular weight excluding hydrogens is 358 g/mol. The molecular formula is C18H20F2N4OS. The topological polar surface area (TPSA) is 48.5 Å². The lowest BCUT2D eigenvalue weighted by molar-refractivity contribution is 0.143. The zero-order chi connectivity index (χ0) is 18.4. The molecule has 0 radical (unpaired) electrons. The normalized spacial score (nSPS) is 15.3. The molecule has 1 aliphatic rings. The van der Waals surface area contributed by atoms with Crippen LogP contribution in [0.3, 0.4) is 0 Å². The second-order valence-corrected chi connectivity index (χ2v) is 7.02. The highest BCUT2D eigenvalue weighted by molar-refractivity contribution is 7.99. The fourth-order valence-electron chi connectivity index (χ4n) is 2.78. The van der Waals surface area contributed by atoms with E-state index in [1.54, 1.807) is 35.4 Å². The van der Waals surface area contributed by atoms with Crippen LogP contribution >= 0.6 is 11.8 Å². The van der Waals surface area contributed by atoms with Crippen molar-refractivity contribution in [2.24, 2.45) is 0 Å². The zero-order valence-corrected chi connectivity index (χ0v) is 15.0. The van der Waals surface area contributed by atoms with Gasteiger partial charge in [0.15, 0.2) is 0 Å². The van der Waals surface area contributed by atoms with Crippen LogP contribution in [-0.4, -0.2) is 52.8 Å². The molecule has 2 aromatic rings. The first kappa shape index (κ1) is 18.6. The fraction of sp³-hybridized carbons (Fsp3) is 0.333. The SMILES string of the molecule is O=C(Nc1ccc(SC(F)F)cc1)N1CCN(Cc2cccnc2)CC1. The number of hydrogen-bond donors (Lipinski definition) is 1. The molecule has 0 bridgehead atoms. The van der Waals surface area contributed by atoms with Gasteiger partial charge in [-0.15, -0.1) is 0 Å². The van der Waals surface area contributed by atoms with Crippen molar-refractivity contribution in [3.05, 3.63) is 54.4 Å². The molecule has 8 heteroatoms. The number of nitrogens with one attached hydrogen (secondary N) is 1. The lowest BCUT2D eigenvalue weighted by Crippen LogP contribution is -2.49. The van der Waals surface area contributed by atoms with Gasteiger partial charge in [0, 0.05) is 55.7 Å². The van der Waals surface area contributed by atoms with E-state index >= 15 is 0 Å². The summed E-state index contributed by atoms with van der Waals surface area (Å²) < 4.78 is 24.6. The minimum absolute atomic E-state index is 0.166. The minimum Gasteiger partial charge on any atom is -0.322 e. The summed E-state index contributed by atoms with van der Waals surface area (Å²) in [6, 6.07) is 10.2. The van der Waals surface area contributed by atoms with Crippen LogP contribution in [0.1, 0.15) is 5.56 Å². The van der Waals surface area contributed by atoms with Gasteiger partial charge in [-0.05, 0) is 35.9 Å². The van der Waals surface area contributed by atoms with Crippen LogP contribution < -0.4 is 5.32 Å². The molecule has 26 heavy (non-hydrogen) atoms. The molecule has 0 saturated carbocycles. The molecule has 5 nitrogen and oxygen atoms in total. The fourth-order valence-corrected chi connectivity index (χ4v) is 3.28. The molecule has 1 aromatic carbocycles. The summed E-state index contributed by atoms with van der Waals surface area (Å²) in [6.45, 7) is 3.71. The lowest BCUT2D eigenvalue weighted by Gasteiger charge is -2.34. The number of piperazine rings is 1. The number of thioether (sulfide) groups is 1. The maximum atomic E-state index is 12.4. The van der Waals surface area contributed by atoms with Crippen LogP contribution in [0.5, 0.6) is 0 Å². The van der Waals surface area contributed by atoms with Crippen LogP contribution in [0.4, 0.5) is 19.3 Å². The Kier molecular flexibility index (Phi) is 6.40. The number of amides is 2. The van der Waals surface area contributed by atoms with E-state index < -0.39 is 5.76 Å². The van der Waals surface area contributed by atoms with Gasteiger partial charge in [-0.3, -0.25) is 9.88 Å². The van der Waals surface area contributed by atoms with Gasteiger partial charge >= 0.3 is 6.03 Å². The van der Waals surface area contributed by atoms with E-state index in [2.05, 4.69) is 15.2 Å². The quantitative estimate of drug-likeness (QED) is 0.805.